The summed E-state index contributed by atoms with van der Waals surface area (Å²) in [6.07, 6.45) is 6.78. The summed E-state index contributed by atoms with van der Waals surface area (Å²) in [6, 6.07) is 5.94. The van der Waals surface area contributed by atoms with Crippen LogP contribution in [0.25, 0.3) is 0 Å². The second-order valence-corrected chi connectivity index (χ2v) is 7.05. The highest BCUT2D eigenvalue weighted by Gasteiger charge is 2.34. The zero-order chi connectivity index (χ0) is 13.1. The normalized spacial score (nSPS) is 27.1. The molecule has 2 aliphatic rings. The summed E-state index contributed by atoms with van der Waals surface area (Å²) in [7, 11) is 0. The molecule has 0 spiro atoms. The van der Waals surface area contributed by atoms with Crippen molar-refractivity contribution < 1.29 is 0 Å². The molecule has 0 aromatic carbocycles. The first-order valence-electron chi connectivity index (χ1n) is 7.89. The first-order valence-corrected chi connectivity index (χ1v) is 8.77. The maximum absolute atomic E-state index is 3.78. The molecule has 3 rings (SSSR count). The Morgan fingerprint density at radius 1 is 1.47 bits per heavy atom. The summed E-state index contributed by atoms with van der Waals surface area (Å²) >= 11 is 1.93. The van der Waals surface area contributed by atoms with Gasteiger partial charge < -0.3 is 5.32 Å². The topological polar surface area (TPSA) is 15.3 Å². The molecule has 1 aliphatic carbocycles. The van der Waals surface area contributed by atoms with Gasteiger partial charge in [-0.25, -0.2) is 0 Å². The Morgan fingerprint density at radius 2 is 2.37 bits per heavy atom. The first kappa shape index (κ1) is 13.6. The number of thiophene rings is 1. The van der Waals surface area contributed by atoms with Crippen molar-refractivity contribution in [3.05, 3.63) is 22.4 Å². The summed E-state index contributed by atoms with van der Waals surface area (Å²) < 4.78 is 0. The zero-order valence-electron chi connectivity index (χ0n) is 12.0. The molecule has 19 heavy (non-hydrogen) atoms. The third-order valence-electron chi connectivity index (χ3n) is 4.53. The van der Waals surface area contributed by atoms with Crippen molar-refractivity contribution in [2.45, 2.75) is 51.1 Å². The Hall–Kier alpha value is -0.380. The predicted octanol–water partition coefficient (Wildman–Crippen LogP) is 3.66. The van der Waals surface area contributed by atoms with E-state index in [0.717, 1.165) is 12.0 Å². The largest absolute Gasteiger partial charge is 0.312 e. The summed E-state index contributed by atoms with van der Waals surface area (Å²) in [5.74, 6) is 0.964. The molecule has 1 saturated carbocycles. The average Bonchev–Trinajstić information content (AvgIpc) is 3.17. The van der Waals surface area contributed by atoms with Crippen molar-refractivity contribution >= 4 is 11.3 Å². The fourth-order valence-corrected chi connectivity index (χ4v) is 4.23. The van der Waals surface area contributed by atoms with Crippen LogP contribution in [0.5, 0.6) is 0 Å². The standard InChI is InChI=1S/C16H26N2S/c1-2-5-15(16-6-3-11-19-16)18-10-4-9-17-14(12-18)13-7-8-13/h3,6,11,13-15,17H,2,4-5,7-10,12H2,1H3. The molecule has 2 nitrogen and oxygen atoms in total. The van der Waals surface area contributed by atoms with E-state index >= 15 is 0 Å². The average molecular weight is 278 g/mol. The van der Waals surface area contributed by atoms with Crippen LogP contribution in [0.4, 0.5) is 0 Å². The van der Waals surface area contributed by atoms with E-state index in [1.165, 1.54) is 51.7 Å². The number of hydrogen-bond donors (Lipinski definition) is 1. The Bertz CT molecular complexity index is 372. The smallest absolute Gasteiger partial charge is 0.0442 e. The van der Waals surface area contributed by atoms with Crippen molar-refractivity contribution in [2.75, 3.05) is 19.6 Å². The lowest BCUT2D eigenvalue weighted by Crippen LogP contribution is -2.40. The highest BCUT2D eigenvalue weighted by Crippen LogP contribution is 2.36. The van der Waals surface area contributed by atoms with Gasteiger partial charge in [0.25, 0.3) is 0 Å². The fraction of sp³-hybridized carbons (Fsp3) is 0.750. The van der Waals surface area contributed by atoms with E-state index in [4.69, 9.17) is 0 Å². The molecule has 1 N–H and O–H groups in total. The van der Waals surface area contributed by atoms with Crippen LogP contribution in [-0.4, -0.2) is 30.6 Å². The Morgan fingerprint density at radius 3 is 3.05 bits per heavy atom. The molecule has 2 unspecified atom stereocenters. The number of rotatable bonds is 5. The van der Waals surface area contributed by atoms with E-state index in [0.29, 0.717) is 6.04 Å². The molecule has 0 bridgehead atoms. The van der Waals surface area contributed by atoms with Gasteiger partial charge in [0.05, 0.1) is 0 Å². The van der Waals surface area contributed by atoms with E-state index in [1.807, 2.05) is 11.3 Å². The Labute approximate surface area is 121 Å². The third-order valence-corrected chi connectivity index (χ3v) is 5.50. The van der Waals surface area contributed by atoms with Crippen molar-refractivity contribution in [3.63, 3.8) is 0 Å². The monoisotopic (exact) mass is 278 g/mol. The maximum Gasteiger partial charge on any atom is 0.0442 e. The third kappa shape index (κ3) is 3.39. The van der Waals surface area contributed by atoms with Crippen molar-refractivity contribution in [3.8, 4) is 0 Å². The van der Waals surface area contributed by atoms with Gasteiger partial charge in [0.15, 0.2) is 0 Å². The molecule has 1 aromatic rings. The molecule has 2 fully saturated rings. The van der Waals surface area contributed by atoms with E-state index in [-0.39, 0.29) is 0 Å². The second-order valence-electron chi connectivity index (χ2n) is 6.07. The minimum atomic E-state index is 0.658. The molecular formula is C16H26N2S. The van der Waals surface area contributed by atoms with Gasteiger partial charge in [0, 0.05) is 30.1 Å². The van der Waals surface area contributed by atoms with Crippen LogP contribution < -0.4 is 5.32 Å². The van der Waals surface area contributed by atoms with Gasteiger partial charge in [0.2, 0.25) is 0 Å². The first-order chi connectivity index (χ1) is 9.38. The summed E-state index contributed by atoms with van der Waals surface area (Å²) in [5, 5.41) is 6.01. The van der Waals surface area contributed by atoms with Gasteiger partial charge in [-0.15, -0.1) is 11.3 Å². The van der Waals surface area contributed by atoms with Crippen molar-refractivity contribution in [1.82, 2.24) is 10.2 Å². The van der Waals surface area contributed by atoms with Gasteiger partial charge in [0.1, 0.15) is 0 Å². The van der Waals surface area contributed by atoms with Gasteiger partial charge in [-0.1, -0.05) is 19.4 Å². The molecule has 3 heteroatoms. The molecule has 0 radical (unpaired) electrons. The molecule has 0 amide bonds. The van der Waals surface area contributed by atoms with Crippen LogP contribution in [0.3, 0.4) is 0 Å². The SMILES string of the molecule is CCCC(c1cccs1)N1CCCNC(C2CC2)C1. The fourth-order valence-electron chi connectivity index (χ4n) is 3.33. The lowest BCUT2D eigenvalue weighted by atomic mass is 10.1. The summed E-state index contributed by atoms with van der Waals surface area (Å²) in [4.78, 5) is 4.33. The molecule has 1 saturated heterocycles. The molecule has 1 aromatic heterocycles. The van der Waals surface area contributed by atoms with Crippen LogP contribution >= 0.6 is 11.3 Å². The van der Waals surface area contributed by atoms with Crippen LogP contribution in [0.15, 0.2) is 17.5 Å². The van der Waals surface area contributed by atoms with Crippen LogP contribution in [0.2, 0.25) is 0 Å². The van der Waals surface area contributed by atoms with Gasteiger partial charge in [-0.2, -0.15) is 0 Å². The maximum atomic E-state index is 3.78. The van der Waals surface area contributed by atoms with Crippen LogP contribution in [0, 0.1) is 5.92 Å². The molecule has 2 heterocycles. The number of nitrogens with one attached hydrogen (secondary N) is 1. The van der Waals surface area contributed by atoms with Crippen molar-refractivity contribution in [2.24, 2.45) is 5.92 Å². The van der Waals surface area contributed by atoms with E-state index in [1.54, 1.807) is 4.88 Å². The minimum absolute atomic E-state index is 0.658. The quantitative estimate of drug-likeness (QED) is 0.884. The van der Waals surface area contributed by atoms with E-state index in [2.05, 4.69) is 34.7 Å². The van der Waals surface area contributed by atoms with Gasteiger partial charge in [-0.3, -0.25) is 4.90 Å². The highest BCUT2D eigenvalue weighted by atomic mass is 32.1. The highest BCUT2D eigenvalue weighted by molar-refractivity contribution is 7.10. The molecule has 1 aliphatic heterocycles. The molecule has 106 valence electrons. The molecular weight excluding hydrogens is 252 g/mol. The minimum Gasteiger partial charge on any atom is -0.312 e. The lowest BCUT2D eigenvalue weighted by Gasteiger charge is -2.32. The predicted molar refractivity (Wildman–Crippen MR) is 82.7 cm³/mol. The Balaban J connectivity index is 1.72. The van der Waals surface area contributed by atoms with Crippen LogP contribution in [-0.2, 0) is 0 Å². The van der Waals surface area contributed by atoms with Gasteiger partial charge in [-0.05, 0) is 49.6 Å². The second kappa shape index (κ2) is 6.38. The number of hydrogen-bond acceptors (Lipinski definition) is 3. The molecule has 2 atom stereocenters. The lowest BCUT2D eigenvalue weighted by molar-refractivity contribution is 0.181. The van der Waals surface area contributed by atoms with E-state index in [9.17, 15) is 0 Å². The Kier molecular flexibility index (Phi) is 4.57. The van der Waals surface area contributed by atoms with Crippen molar-refractivity contribution in [1.29, 1.82) is 0 Å². The van der Waals surface area contributed by atoms with Gasteiger partial charge >= 0.3 is 0 Å². The summed E-state index contributed by atoms with van der Waals surface area (Å²) in [5.41, 5.74) is 0. The van der Waals surface area contributed by atoms with E-state index < -0.39 is 0 Å². The zero-order valence-corrected chi connectivity index (χ0v) is 12.8. The van der Waals surface area contributed by atoms with Crippen LogP contribution in [0.1, 0.15) is 49.9 Å². The number of nitrogens with zero attached hydrogens (tertiary/aromatic N) is 1. The summed E-state index contributed by atoms with van der Waals surface area (Å²) in [6.45, 7) is 6.04.